The third-order valence-corrected chi connectivity index (χ3v) is 4.84. The molecule has 3 heterocycles. The highest BCUT2D eigenvalue weighted by molar-refractivity contribution is 5.94. The van der Waals surface area contributed by atoms with E-state index in [0.717, 1.165) is 27.5 Å². The van der Waals surface area contributed by atoms with Gasteiger partial charge in [-0.3, -0.25) is 9.78 Å². The second-order valence-corrected chi connectivity index (χ2v) is 6.82. The Morgan fingerprint density at radius 3 is 2.73 bits per heavy atom. The average Bonchev–Trinajstić information content (AvgIpc) is 3.27. The van der Waals surface area contributed by atoms with Crippen molar-refractivity contribution in [3.05, 3.63) is 96.3 Å². The number of pyridine rings is 2. The lowest BCUT2D eigenvalue weighted by Gasteiger charge is -2.06. The number of halogens is 1. The van der Waals surface area contributed by atoms with Crippen molar-refractivity contribution in [2.75, 3.05) is 0 Å². The summed E-state index contributed by atoms with van der Waals surface area (Å²) in [6.07, 6.45) is 3.19. The predicted molar refractivity (Wildman–Crippen MR) is 112 cm³/mol. The summed E-state index contributed by atoms with van der Waals surface area (Å²) in [6, 6.07) is 20.3. The van der Waals surface area contributed by atoms with Crippen molar-refractivity contribution in [3.8, 4) is 5.69 Å². The molecule has 0 atom stereocenters. The molecule has 0 aliphatic heterocycles. The van der Waals surface area contributed by atoms with Crippen LogP contribution in [-0.2, 0) is 6.54 Å². The van der Waals surface area contributed by atoms with Crippen LogP contribution in [0.1, 0.15) is 16.2 Å². The monoisotopic (exact) mass is 397 g/mol. The van der Waals surface area contributed by atoms with Crippen molar-refractivity contribution >= 4 is 27.7 Å². The zero-order valence-corrected chi connectivity index (χ0v) is 15.8. The lowest BCUT2D eigenvalue weighted by atomic mass is 10.1. The van der Waals surface area contributed by atoms with Crippen molar-refractivity contribution in [3.63, 3.8) is 0 Å². The van der Waals surface area contributed by atoms with E-state index in [0.29, 0.717) is 0 Å². The van der Waals surface area contributed by atoms with Gasteiger partial charge in [-0.1, -0.05) is 24.3 Å². The number of amides is 1. The van der Waals surface area contributed by atoms with Crippen LogP contribution < -0.4 is 5.32 Å². The fourth-order valence-electron chi connectivity index (χ4n) is 3.29. The van der Waals surface area contributed by atoms with E-state index in [1.165, 1.54) is 18.3 Å². The summed E-state index contributed by atoms with van der Waals surface area (Å²) in [5.74, 6) is -0.858. The normalized spacial score (nSPS) is 11.1. The van der Waals surface area contributed by atoms with Gasteiger partial charge in [-0.15, -0.1) is 0 Å². The van der Waals surface area contributed by atoms with Gasteiger partial charge < -0.3 is 5.32 Å². The molecule has 30 heavy (non-hydrogen) atoms. The molecule has 2 aromatic carbocycles. The highest BCUT2D eigenvalue weighted by Crippen LogP contribution is 2.22. The van der Waals surface area contributed by atoms with Gasteiger partial charge >= 0.3 is 0 Å². The highest BCUT2D eigenvalue weighted by Gasteiger charge is 2.12. The maximum Gasteiger partial charge on any atom is 0.272 e. The minimum Gasteiger partial charge on any atom is -0.345 e. The van der Waals surface area contributed by atoms with E-state index in [-0.39, 0.29) is 17.9 Å². The Kier molecular flexibility index (Phi) is 4.40. The number of rotatable bonds is 4. The van der Waals surface area contributed by atoms with Crippen LogP contribution >= 0.6 is 0 Å². The van der Waals surface area contributed by atoms with Crippen molar-refractivity contribution < 1.29 is 9.18 Å². The Hall–Kier alpha value is -4.13. The number of fused-ring (bicyclic) bond motifs is 2. The first-order chi connectivity index (χ1) is 14.7. The molecule has 0 saturated heterocycles. The lowest BCUT2D eigenvalue weighted by Crippen LogP contribution is -2.24. The third-order valence-electron chi connectivity index (χ3n) is 4.84. The average molecular weight is 397 g/mol. The molecule has 0 aliphatic carbocycles. The smallest absolute Gasteiger partial charge is 0.272 e. The van der Waals surface area contributed by atoms with Crippen LogP contribution in [0, 0.1) is 5.82 Å². The van der Waals surface area contributed by atoms with E-state index < -0.39 is 11.7 Å². The fraction of sp³-hybridized carbons (Fsp3) is 0.0435. The number of carbonyl (C=O) groups is 1. The standard InChI is InChI=1S/C23H16FN5O/c24-18-5-3-10-25-22(18)14-26-23(30)20-9-11-29(28-20)17-8-7-16-12-15-4-1-2-6-19(15)27-21(16)13-17/h1-13H,14H2,(H,26,30). The van der Waals surface area contributed by atoms with E-state index in [1.54, 1.807) is 16.9 Å². The first-order valence-electron chi connectivity index (χ1n) is 9.40. The molecule has 5 aromatic rings. The number of para-hydroxylation sites is 1. The summed E-state index contributed by atoms with van der Waals surface area (Å²) >= 11 is 0. The van der Waals surface area contributed by atoms with Gasteiger partial charge in [0.25, 0.3) is 5.91 Å². The zero-order chi connectivity index (χ0) is 20.5. The fourth-order valence-corrected chi connectivity index (χ4v) is 3.29. The van der Waals surface area contributed by atoms with Crippen LogP contribution in [-0.4, -0.2) is 25.7 Å². The largest absolute Gasteiger partial charge is 0.345 e. The molecule has 3 aromatic heterocycles. The van der Waals surface area contributed by atoms with Crippen molar-refractivity contribution in [2.45, 2.75) is 6.54 Å². The summed E-state index contributed by atoms with van der Waals surface area (Å²) in [5, 5.41) is 9.10. The van der Waals surface area contributed by atoms with Gasteiger partial charge in [0.05, 0.1) is 29.0 Å². The summed E-state index contributed by atoms with van der Waals surface area (Å²) in [7, 11) is 0. The van der Waals surface area contributed by atoms with Gasteiger partial charge in [0.2, 0.25) is 0 Å². The first kappa shape index (κ1) is 17.9. The van der Waals surface area contributed by atoms with Gasteiger partial charge in [-0.2, -0.15) is 5.10 Å². The second-order valence-electron chi connectivity index (χ2n) is 6.82. The molecule has 0 saturated carbocycles. The number of nitrogens with one attached hydrogen (secondary N) is 1. The zero-order valence-electron chi connectivity index (χ0n) is 15.8. The van der Waals surface area contributed by atoms with Crippen LogP contribution in [0.2, 0.25) is 0 Å². The molecule has 0 aliphatic rings. The van der Waals surface area contributed by atoms with Crippen molar-refractivity contribution in [1.29, 1.82) is 0 Å². The van der Waals surface area contributed by atoms with Crippen LogP contribution in [0.4, 0.5) is 4.39 Å². The van der Waals surface area contributed by atoms with E-state index in [1.807, 2.05) is 42.5 Å². The molecule has 0 spiro atoms. The van der Waals surface area contributed by atoms with E-state index in [9.17, 15) is 9.18 Å². The molecule has 146 valence electrons. The van der Waals surface area contributed by atoms with Gasteiger partial charge in [0.1, 0.15) is 5.82 Å². The maximum atomic E-state index is 13.7. The Labute approximate surface area is 171 Å². The molecule has 7 heteroatoms. The molecule has 1 amide bonds. The third kappa shape index (κ3) is 3.37. The number of hydrogen-bond donors (Lipinski definition) is 1. The predicted octanol–water partition coefficient (Wildman–Crippen LogP) is 4.04. The summed E-state index contributed by atoms with van der Waals surface area (Å²) in [6.45, 7) is -0.00860. The van der Waals surface area contributed by atoms with E-state index in [2.05, 4.69) is 21.5 Å². The number of aromatic nitrogens is 4. The Morgan fingerprint density at radius 1 is 0.967 bits per heavy atom. The van der Waals surface area contributed by atoms with Crippen LogP contribution in [0.3, 0.4) is 0 Å². The van der Waals surface area contributed by atoms with Crippen LogP contribution in [0.25, 0.3) is 27.5 Å². The molecule has 1 N–H and O–H groups in total. The van der Waals surface area contributed by atoms with Crippen molar-refractivity contribution in [2.24, 2.45) is 0 Å². The molecule has 0 unspecified atom stereocenters. The first-order valence-corrected chi connectivity index (χ1v) is 9.40. The Bertz CT molecular complexity index is 1400. The minimum absolute atomic E-state index is 0.00860. The second kappa shape index (κ2) is 7.36. The summed E-state index contributed by atoms with van der Waals surface area (Å²) in [4.78, 5) is 21.0. The Morgan fingerprint density at radius 2 is 1.83 bits per heavy atom. The highest BCUT2D eigenvalue weighted by atomic mass is 19.1. The number of nitrogens with zero attached hydrogens (tertiary/aromatic N) is 4. The SMILES string of the molecule is O=C(NCc1ncccc1F)c1ccn(-c2ccc3cc4ccccc4nc3c2)n1. The molecule has 0 bridgehead atoms. The van der Waals surface area contributed by atoms with E-state index in [4.69, 9.17) is 4.98 Å². The summed E-state index contributed by atoms with van der Waals surface area (Å²) in [5.41, 5.74) is 2.97. The van der Waals surface area contributed by atoms with E-state index >= 15 is 0 Å². The minimum atomic E-state index is -0.459. The Balaban J connectivity index is 1.39. The maximum absolute atomic E-state index is 13.7. The molecule has 0 radical (unpaired) electrons. The summed E-state index contributed by atoms with van der Waals surface area (Å²) < 4.78 is 15.3. The van der Waals surface area contributed by atoms with Gasteiger partial charge in [0, 0.05) is 23.2 Å². The lowest BCUT2D eigenvalue weighted by molar-refractivity contribution is 0.0944. The van der Waals surface area contributed by atoms with Gasteiger partial charge in [0.15, 0.2) is 5.69 Å². The topological polar surface area (TPSA) is 72.7 Å². The van der Waals surface area contributed by atoms with Crippen LogP contribution in [0.5, 0.6) is 0 Å². The quantitative estimate of drug-likeness (QED) is 0.465. The molecular weight excluding hydrogens is 381 g/mol. The van der Waals surface area contributed by atoms with Gasteiger partial charge in [-0.25, -0.2) is 14.1 Å². The molecular formula is C23H16FN5O. The number of benzene rings is 2. The number of hydrogen-bond acceptors (Lipinski definition) is 4. The van der Waals surface area contributed by atoms with Gasteiger partial charge in [-0.05, 0) is 42.5 Å². The van der Waals surface area contributed by atoms with Crippen molar-refractivity contribution in [1.82, 2.24) is 25.1 Å². The molecule has 5 rings (SSSR count). The molecule has 6 nitrogen and oxygen atoms in total. The number of carbonyl (C=O) groups excluding carboxylic acids is 1. The van der Waals surface area contributed by atoms with Crippen LogP contribution in [0.15, 0.2) is 79.1 Å². The molecule has 0 fully saturated rings.